The Kier molecular flexibility index (Phi) is 3.63. The fourth-order valence-electron chi connectivity index (χ4n) is 1.24. The van der Waals surface area contributed by atoms with Gasteiger partial charge in [0.2, 0.25) is 0 Å². The second-order valence-electron chi connectivity index (χ2n) is 2.86. The Bertz CT molecular complexity index is 455. The van der Waals surface area contributed by atoms with E-state index in [1.165, 1.54) is 4.90 Å². The first-order chi connectivity index (χ1) is 7.31. The van der Waals surface area contributed by atoms with Crippen molar-refractivity contribution in [2.75, 3.05) is 5.75 Å². The maximum atomic E-state index is 4.36. The van der Waals surface area contributed by atoms with Crippen molar-refractivity contribution in [3.05, 3.63) is 34.3 Å². The fraction of sp³-hybridized carbons (Fsp3) is 0.200. The second-order valence-corrected chi connectivity index (χ2v) is 5.41. The Morgan fingerprint density at radius 2 is 2.40 bits per heavy atom. The molecule has 2 aromatic heterocycles. The molecule has 0 radical (unpaired) electrons. The fourth-order valence-corrected chi connectivity index (χ4v) is 2.39. The van der Waals surface area contributed by atoms with Gasteiger partial charge < -0.3 is 0 Å². The molecule has 0 unspecified atom stereocenters. The zero-order valence-electron chi connectivity index (χ0n) is 8.22. The molecule has 0 aliphatic heterocycles. The summed E-state index contributed by atoms with van der Waals surface area (Å²) in [6.45, 7) is 2.13. The molecule has 0 aliphatic rings. The van der Waals surface area contributed by atoms with Crippen LogP contribution in [0.3, 0.4) is 0 Å². The SMILES string of the molecule is CCSc1cccnc1-n1cc(I)cn1. The Morgan fingerprint density at radius 3 is 3.07 bits per heavy atom. The van der Waals surface area contributed by atoms with E-state index in [2.05, 4.69) is 45.7 Å². The van der Waals surface area contributed by atoms with Crippen molar-refractivity contribution >= 4 is 34.4 Å². The van der Waals surface area contributed by atoms with Gasteiger partial charge in [0.05, 0.1) is 14.7 Å². The summed E-state index contributed by atoms with van der Waals surface area (Å²) in [5, 5.41) is 4.26. The van der Waals surface area contributed by atoms with Crippen LogP contribution in [-0.2, 0) is 0 Å². The molecule has 0 amide bonds. The van der Waals surface area contributed by atoms with E-state index in [0.717, 1.165) is 15.1 Å². The third kappa shape index (κ3) is 2.52. The molecule has 2 heterocycles. The lowest BCUT2D eigenvalue weighted by Gasteiger charge is -2.05. The molecule has 2 aromatic rings. The number of hydrogen-bond acceptors (Lipinski definition) is 3. The summed E-state index contributed by atoms with van der Waals surface area (Å²) in [5.41, 5.74) is 0. The summed E-state index contributed by atoms with van der Waals surface area (Å²) in [6, 6.07) is 4.03. The van der Waals surface area contributed by atoms with E-state index in [9.17, 15) is 0 Å². The average molecular weight is 331 g/mol. The van der Waals surface area contributed by atoms with E-state index in [0.29, 0.717) is 0 Å². The molecular formula is C10H10IN3S. The van der Waals surface area contributed by atoms with E-state index < -0.39 is 0 Å². The van der Waals surface area contributed by atoms with Crippen LogP contribution in [0.4, 0.5) is 0 Å². The monoisotopic (exact) mass is 331 g/mol. The summed E-state index contributed by atoms with van der Waals surface area (Å²) in [6.07, 6.45) is 5.60. The number of thioether (sulfide) groups is 1. The van der Waals surface area contributed by atoms with Crippen molar-refractivity contribution < 1.29 is 0 Å². The van der Waals surface area contributed by atoms with Gasteiger partial charge in [-0.25, -0.2) is 9.67 Å². The molecule has 0 saturated heterocycles. The van der Waals surface area contributed by atoms with Gasteiger partial charge in [0.1, 0.15) is 0 Å². The van der Waals surface area contributed by atoms with Crippen LogP contribution < -0.4 is 0 Å². The number of hydrogen-bond donors (Lipinski definition) is 0. The van der Waals surface area contributed by atoms with Gasteiger partial charge >= 0.3 is 0 Å². The first-order valence-electron chi connectivity index (χ1n) is 4.59. The highest BCUT2D eigenvalue weighted by Gasteiger charge is 2.06. The van der Waals surface area contributed by atoms with Gasteiger partial charge in [-0.1, -0.05) is 6.92 Å². The predicted molar refractivity (Wildman–Crippen MR) is 70.5 cm³/mol. The summed E-state index contributed by atoms with van der Waals surface area (Å²) < 4.78 is 2.94. The number of rotatable bonds is 3. The quantitative estimate of drug-likeness (QED) is 0.640. The average Bonchev–Trinajstić information content (AvgIpc) is 2.66. The summed E-state index contributed by atoms with van der Waals surface area (Å²) in [7, 11) is 0. The minimum atomic E-state index is 0.910. The van der Waals surface area contributed by atoms with Crippen LogP contribution in [0.15, 0.2) is 35.6 Å². The molecule has 0 spiro atoms. The topological polar surface area (TPSA) is 30.7 Å². The number of aromatic nitrogens is 3. The maximum Gasteiger partial charge on any atom is 0.167 e. The van der Waals surface area contributed by atoms with Gasteiger partial charge in [0.15, 0.2) is 5.82 Å². The molecule has 0 fully saturated rings. The zero-order valence-corrected chi connectivity index (χ0v) is 11.2. The van der Waals surface area contributed by atoms with Crippen LogP contribution in [-0.4, -0.2) is 20.5 Å². The zero-order chi connectivity index (χ0) is 10.7. The standard InChI is InChI=1S/C10H10IN3S/c1-2-15-9-4-3-5-12-10(9)14-7-8(11)6-13-14/h3-7H,2H2,1H3. The Labute approximate surface area is 106 Å². The minimum absolute atomic E-state index is 0.910. The molecule has 0 saturated carbocycles. The largest absolute Gasteiger partial charge is 0.236 e. The van der Waals surface area contributed by atoms with Crippen LogP contribution in [0.1, 0.15) is 6.92 Å². The second kappa shape index (κ2) is 4.98. The lowest BCUT2D eigenvalue weighted by Crippen LogP contribution is -1.99. The van der Waals surface area contributed by atoms with Crippen molar-refractivity contribution in [3.8, 4) is 5.82 Å². The maximum absolute atomic E-state index is 4.36. The van der Waals surface area contributed by atoms with Gasteiger partial charge in [-0.3, -0.25) is 0 Å². The summed E-state index contributed by atoms with van der Waals surface area (Å²) in [5.74, 6) is 1.95. The first kappa shape index (κ1) is 10.9. The molecule has 0 aliphatic carbocycles. The smallest absolute Gasteiger partial charge is 0.167 e. The van der Waals surface area contributed by atoms with E-state index >= 15 is 0 Å². The van der Waals surface area contributed by atoms with Crippen LogP contribution in [0.25, 0.3) is 5.82 Å². The van der Waals surface area contributed by atoms with Crippen LogP contribution >= 0.6 is 34.4 Å². The van der Waals surface area contributed by atoms with Crippen molar-refractivity contribution in [3.63, 3.8) is 0 Å². The predicted octanol–water partition coefficient (Wildman–Crippen LogP) is 2.98. The van der Waals surface area contributed by atoms with Crippen molar-refractivity contribution in [2.24, 2.45) is 0 Å². The third-order valence-electron chi connectivity index (χ3n) is 1.82. The molecule has 5 heteroatoms. The normalized spacial score (nSPS) is 10.5. The lowest BCUT2D eigenvalue weighted by molar-refractivity contribution is 0.825. The molecule has 78 valence electrons. The van der Waals surface area contributed by atoms with Crippen molar-refractivity contribution in [1.29, 1.82) is 0 Å². The Balaban J connectivity index is 2.42. The highest BCUT2D eigenvalue weighted by Crippen LogP contribution is 2.23. The molecule has 15 heavy (non-hydrogen) atoms. The number of halogens is 1. The molecule has 0 N–H and O–H groups in total. The summed E-state index contributed by atoms with van der Waals surface area (Å²) >= 11 is 4.02. The van der Waals surface area contributed by atoms with Gasteiger partial charge in [-0.05, 0) is 40.5 Å². The van der Waals surface area contributed by atoms with Gasteiger partial charge in [-0.2, -0.15) is 5.10 Å². The van der Waals surface area contributed by atoms with Crippen molar-refractivity contribution in [2.45, 2.75) is 11.8 Å². The molecule has 0 aromatic carbocycles. The highest BCUT2D eigenvalue weighted by atomic mass is 127. The van der Waals surface area contributed by atoms with Crippen LogP contribution in [0, 0.1) is 3.57 Å². The van der Waals surface area contributed by atoms with Gasteiger partial charge in [-0.15, -0.1) is 11.8 Å². The van der Waals surface area contributed by atoms with E-state index in [4.69, 9.17) is 0 Å². The van der Waals surface area contributed by atoms with E-state index in [-0.39, 0.29) is 0 Å². The van der Waals surface area contributed by atoms with Gasteiger partial charge in [0, 0.05) is 12.4 Å². The summed E-state index contributed by atoms with van der Waals surface area (Å²) in [4.78, 5) is 5.52. The Morgan fingerprint density at radius 1 is 1.53 bits per heavy atom. The first-order valence-corrected chi connectivity index (χ1v) is 6.66. The van der Waals surface area contributed by atoms with Crippen LogP contribution in [0.2, 0.25) is 0 Å². The molecular weight excluding hydrogens is 321 g/mol. The third-order valence-corrected chi connectivity index (χ3v) is 3.29. The minimum Gasteiger partial charge on any atom is -0.236 e. The van der Waals surface area contributed by atoms with Crippen LogP contribution in [0.5, 0.6) is 0 Å². The van der Waals surface area contributed by atoms with E-state index in [1.54, 1.807) is 18.0 Å². The van der Waals surface area contributed by atoms with Gasteiger partial charge in [0.25, 0.3) is 0 Å². The van der Waals surface area contributed by atoms with Crippen molar-refractivity contribution in [1.82, 2.24) is 14.8 Å². The molecule has 2 rings (SSSR count). The lowest BCUT2D eigenvalue weighted by atomic mass is 10.4. The number of pyridine rings is 1. The molecule has 0 atom stereocenters. The Hall–Kier alpha value is -0.560. The highest BCUT2D eigenvalue weighted by molar-refractivity contribution is 14.1. The molecule has 3 nitrogen and oxygen atoms in total. The molecule has 0 bridgehead atoms. The number of nitrogens with zero attached hydrogens (tertiary/aromatic N) is 3. The van der Waals surface area contributed by atoms with E-state index in [1.807, 2.05) is 23.1 Å².